The van der Waals surface area contributed by atoms with Crippen molar-refractivity contribution in [3.63, 3.8) is 0 Å². The minimum atomic E-state index is 0.805. The molecule has 0 amide bonds. The van der Waals surface area contributed by atoms with Crippen molar-refractivity contribution in [1.82, 2.24) is 9.55 Å². The van der Waals surface area contributed by atoms with Crippen LogP contribution in [0.5, 0.6) is 0 Å². The average molecular weight is 617 g/mol. The Hall–Kier alpha value is -5.97. The van der Waals surface area contributed by atoms with Crippen LogP contribution in [0.3, 0.4) is 0 Å². The Kier molecular flexibility index (Phi) is 4.99. The van der Waals surface area contributed by atoms with Gasteiger partial charge >= 0.3 is 0 Å². The summed E-state index contributed by atoms with van der Waals surface area (Å²) in [6.07, 6.45) is 0. The first-order valence-electron chi connectivity index (χ1n) is 15.9. The van der Waals surface area contributed by atoms with Crippen molar-refractivity contribution in [3.05, 3.63) is 146 Å². The maximum Gasteiger partial charge on any atom is 0.161 e. The van der Waals surface area contributed by atoms with Crippen LogP contribution in [0.4, 0.5) is 0 Å². The molecule has 0 atom stereocenters. The number of hydrogen-bond donors (Lipinski definition) is 0. The molecule has 0 spiro atoms. The zero-order chi connectivity index (χ0) is 30.6. The Labute approximate surface area is 272 Å². The summed E-state index contributed by atoms with van der Waals surface area (Å²) >= 11 is 1.88. The molecule has 0 aliphatic carbocycles. The SMILES string of the molecule is c1ccc(-c2cccc(-c3nc(-n4c5ccc6cccc7sc8cccc9ccc4c(c98)c5c67)cc4c3oc3ccccc34)c2)cc1. The van der Waals surface area contributed by atoms with Gasteiger partial charge in [0.15, 0.2) is 5.58 Å². The molecule has 47 heavy (non-hydrogen) atoms. The van der Waals surface area contributed by atoms with Gasteiger partial charge in [0.1, 0.15) is 17.1 Å². The van der Waals surface area contributed by atoms with E-state index in [4.69, 9.17) is 9.40 Å². The second kappa shape index (κ2) is 9.29. The summed E-state index contributed by atoms with van der Waals surface area (Å²) in [5.41, 5.74) is 8.17. The van der Waals surface area contributed by atoms with Gasteiger partial charge in [-0.3, -0.25) is 4.57 Å². The molecule has 0 saturated heterocycles. The third-order valence-electron chi connectivity index (χ3n) is 9.74. The van der Waals surface area contributed by atoms with Crippen molar-refractivity contribution in [2.24, 2.45) is 0 Å². The standard InChI is InChI=1S/C43H24N2OS/c1-2-9-25(10-3-1)28-13-6-14-29(23-28)42-43-31(30-15-4-5-16-34(30)46-43)24-37(44-42)45-32-21-19-26-11-7-17-35-38(26)40(32)41-33(45)22-20-27-12-8-18-36(47-35)39(27)41/h1-24H. The van der Waals surface area contributed by atoms with Crippen LogP contribution in [0.1, 0.15) is 0 Å². The molecular weight excluding hydrogens is 593 g/mol. The fourth-order valence-corrected chi connectivity index (χ4v) is 8.89. The molecule has 0 aliphatic rings. The van der Waals surface area contributed by atoms with E-state index >= 15 is 0 Å². The van der Waals surface area contributed by atoms with Crippen LogP contribution in [0.2, 0.25) is 0 Å². The molecule has 7 aromatic carbocycles. The number of furan rings is 1. The summed E-state index contributed by atoms with van der Waals surface area (Å²) < 4.78 is 11.5. The van der Waals surface area contributed by atoms with Crippen molar-refractivity contribution in [2.75, 3.05) is 0 Å². The van der Waals surface area contributed by atoms with Crippen LogP contribution in [-0.2, 0) is 0 Å². The Morgan fingerprint density at radius 1 is 0.489 bits per heavy atom. The molecular formula is C43H24N2OS. The minimum absolute atomic E-state index is 0.805. The molecule has 0 bridgehead atoms. The van der Waals surface area contributed by atoms with E-state index in [0.29, 0.717) is 0 Å². The monoisotopic (exact) mass is 616 g/mol. The fourth-order valence-electron chi connectivity index (χ4n) is 7.71. The Bertz CT molecular complexity index is 2910. The van der Waals surface area contributed by atoms with Crippen LogP contribution in [0.25, 0.3) is 103 Å². The van der Waals surface area contributed by atoms with Gasteiger partial charge in [-0.2, -0.15) is 0 Å². The van der Waals surface area contributed by atoms with E-state index in [-0.39, 0.29) is 0 Å². The maximum absolute atomic E-state index is 6.59. The predicted octanol–water partition coefficient (Wildman–Crippen LogP) is 12.4. The van der Waals surface area contributed by atoms with Crippen molar-refractivity contribution < 1.29 is 4.42 Å². The lowest BCUT2D eigenvalue weighted by molar-refractivity contribution is 0.668. The predicted molar refractivity (Wildman–Crippen MR) is 198 cm³/mol. The normalized spacial score (nSPS) is 12.3. The van der Waals surface area contributed by atoms with E-state index in [1.54, 1.807) is 0 Å². The lowest BCUT2D eigenvalue weighted by Crippen LogP contribution is -1.99. The smallest absolute Gasteiger partial charge is 0.161 e. The van der Waals surface area contributed by atoms with Gasteiger partial charge in [-0.15, -0.1) is 11.3 Å². The first kappa shape index (κ1) is 25.2. The van der Waals surface area contributed by atoms with E-state index < -0.39 is 0 Å². The van der Waals surface area contributed by atoms with Gasteiger partial charge < -0.3 is 4.42 Å². The highest BCUT2D eigenvalue weighted by molar-refractivity contribution is 7.24. The molecule has 0 aliphatic heterocycles. The lowest BCUT2D eigenvalue weighted by Gasteiger charge is -2.12. The molecule has 0 saturated carbocycles. The average Bonchev–Trinajstić information content (AvgIpc) is 3.63. The molecule has 4 heterocycles. The van der Waals surface area contributed by atoms with Gasteiger partial charge in [-0.25, -0.2) is 4.98 Å². The van der Waals surface area contributed by atoms with Crippen molar-refractivity contribution >= 4 is 86.0 Å². The van der Waals surface area contributed by atoms with Crippen molar-refractivity contribution in [3.8, 4) is 28.2 Å². The van der Waals surface area contributed by atoms with E-state index in [1.165, 1.54) is 47.3 Å². The second-order valence-electron chi connectivity index (χ2n) is 12.3. The van der Waals surface area contributed by atoms with Crippen LogP contribution in [0.15, 0.2) is 150 Å². The third-order valence-corrected chi connectivity index (χ3v) is 10.9. The summed E-state index contributed by atoms with van der Waals surface area (Å²) in [5, 5.41) is 9.88. The molecule has 11 rings (SSSR count). The topological polar surface area (TPSA) is 31.0 Å². The van der Waals surface area contributed by atoms with Gasteiger partial charge in [0.05, 0.1) is 11.0 Å². The maximum atomic E-state index is 6.59. The van der Waals surface area contributed by atoms with E-state index in [2.05, 4.69) is 138 Å². The Balaban J connectivity index is 1.30. The summed E-state index contributed by atoms with van der Waals surface area (Å²) in [6.45, 7) is 0. The van der Waals surface area contributed by atoms with Gasteiger partial charge in [0, 0.05) is 47.3 Å². The number of hydrogen-bond acceptors (Lipinski definition) is 3. The van der Waals surface area contributed by atoms with Crippen LogP contribution < -0.4 is 0 Å². The first-order valence-corrected chi connectivity index (χ1v) is 16.7. The van der Waals surface area contributed by atoms with Crippen LogP contribution >= 0.6 is 11.3 Å². The van der Waals surface area contributed by atoms with Crippen LogP contribution in [0, 0.1) is 0 Å². The third kappa shape index (κ3) is 3.48. The molecule has 0 fully saturated rings. The zero-order valence-electron chi connectivity index (χ0n) is 25.1. The largest absolute Gasteiger partial charge is 0.454 e. The number of benzene rings is 7. The van der Waals surface area contributed by atoms with Gasteiger partial charge in [0.25, 0.3) is 0 Å². The number of para-hydroxylation sites is 1. The Morgan fingerprint density at radius 3 is 1.87 bits per heavy atom. The quantitative estimate of drug-likeness (QED) is 0.198. The Morgan fingerprint density at radius 2 is 1.13 bits per heavy atom. The first-order chi connectivity index (χ1) is 23.3. The number of aromatic nitrogens is 2. The number of rotatable bonds is 3. The molecule has 0 radical (unpaired) electrons. The number of pyridine rings is 1. The van der Waals surface area contributed by atoms with Gasteiger partial charge in [-0.1, -0.05) is 103 Å². The summed E-state index contributed by atoms with van der Waals surface area (Å²) in [5.74, 6) is 0.881. The lowest BCUT2D eigenvalue weighted by atomic mass is 10.00. The van der Waals surface area contributed by atoms with E-state index in [9.17, 15) is 0 Å². The molecule has 3 nitrogen and oxygen atoms in total. The summed E-state index contributed by atoms with van der Waals surface area (Å²) in [6, 6.07) is 52.1. The van der Waals surface area contributed by atoms with Gasteiger partial charge in [0.2, 0.25) is 0 Å². The highest BCUT2D eigenvalue weighted by atomic mass is 32.1. The number of nitrogens with zero attached hydrogens (tertiary/aromatic N) is 2. The fraction of sp³-hybridized carbons (Fsp3) is 0. The minimum Gasteiger partial charge on any atom is -0.454 e. The van der Waals surface area contributed by atoms with Gasteiger partial charge in [-0.05, 0) is 64.4 Å². The molecule has 0 N–H and O–H groups in total. The molecule has 11 aromatic rings. The highest BCUT2D eigenvalue weighted by Crippen LogP contribution is 2.47. The van der Waals surface area contributed by atoms with Crippen LogP contribution in [-0.4, -0.2) is 9.55 Å². The summed E-state index contributed by atoms with van der Waals surface area (Å²) in [7, 11) is 0. The van der Waals surface area contributed by atoms with Crippen molar-refractivity contribution in [2.45, 2.75) is 0 Å². The number of fused-ring (bicyclic) bond motifs is 3. The zero-order valence-corrected chi connectivity index (χ0v) is 25.9. The van der Waals surface area contributed by atoms with E-state index in [1.807, 2.05) is 23.5 Å². The highest BCUT2D eigenvalue weighted by Gasteiger charge is 2.23. The van der Waals surface area contributed by atoms with E-state index in [0.717, 1.165) is 55.6 Å². The molecule has 4 heteroatoms. The van der Waals surface area contributed by atoms with Crippen molar-refractivity contribution in [1.29, 1.82) is 0 Å². The summed E-state index contributed by atoms with van der Waals surface area (Å²) in [4.78, 5) is 5.51. The molecule has 0 unspecified atom stereocenters. The second-order valence-corrected chi connectivity index (χ2v) is 13.4. The molecule has 218 valence electrons. The molecule has 4 aromatic heterocycles.